The summed E-state index contributed by atoms with van der Waals surface area (Å²) in [6.45, 7) is 8.48. The highest BCUT2D eigenvalue weighted by Gasteiger charge is 2.10. The van der Waals surface area contributed by atoms with Crippen molar-refractivity contribution < 1.29 is 19.0 Å². The Hall–Kier alpha value is -2.40. The molecule has 0 aliphatic heterocycles. The van der Waals surface area contributed by atoms with Crippen LogP contribution >= 0.6 is 0 Å². The number of rotatable bonds is 14. The van der Waals surface area contributed by atoms with E-state index in [2.05, 4.69) is 18.8 Å². The number of hydrogen-bond donors (Lipinski definition) is 0. The fourth-order valence-corrected chi connectivity index (χ4v) is 2.84. The van der Waals surface area contributed by atoms with Crippen LogP contribution in [0.1, 0.15) is 59.3 Å². The highest BCUT2D eigenvalue weighted by atomic mass is 16.5. The van der Waals surface area contributed by atoms with Crippen LogP contribution in [0.15, 0.2) is 42.6 Å². The quantitative estimate of drug-likeness (QED) is 0.214. The minimum Gasteiger partial charge on any atom is -0.492 e. The van der Waals surface area contributed by atoms with Crippen LogP contribution in [0.25, 0.3) is 11.3 Å². The number of unbranched alkanes of at least 4 members (excludes halogenated alkanes) is 2. The number of carbonyl (C=O) groups is 1. The Labute approximate surface area is 180 Å². The molecule has 0 aliphatic rings. The first kappa shape index (κ1) is 23.9. The molecule has 5 nitrogen and oxygen atoms in total. The lowest BCUT2D eigenvalue weighted by Crippen LogP contribution is -2.11. The fraction of sp³-hybridized carbons (Fsp3) is 0.520. The SMILES string of the molecule is CCCCCOCCCOc1ccc(-c2ccc(OC(=O)CC(C)CC)cc2)nc1. The molecule has 1 aromatic carbocycles. The van der Waals surface area contributed by atoms with E-state index in [9.17, 15) is 4.79 Å². The maximum absolute atomic E-state index is 11.9. The van der Waals surface area contributed by atoms with Crippen molar-refractivity contribution in [1.29, 1.82) is 0 Å². The van der Waals surface area contributed by atoms with Gasteiger partial charge in [0.2, 0.25) is 0 Å². The number of nitrogens with zero attached hydrogens (tertiary/aromatic N) is 1. The van der Waals surface area contributed by atoms with E-state index in [1.54, 1.807) is 18.3 Å². The second-order valence-electron chi connectivity index (χ2n) is 7.62. The van der Waals surface area contributed by atoms with Gasteiger partial charge < -0.3 is 14.2 Å². The molecule has 0 radical (unpaired) electrons. The number of esters is 1. The molecule has 0 aliphatic carbocycles. The van der Waals surface area contributed by atoms with Crippen molar-refractivity contribution in [3.8, 4) is 22.8 Å². The van der Waals surface area contributed by atoms with Crippen molar-refractivity contribution in [3.05, 3.63) is 42.6 Å². The zero-order valence-electron chi connectivity index (χ0n) is 18.6. The lowest BCUT2D eigenvalue weighted by Gasteiger charge is -2.09. The van der Waals surface area contributed by atoms with Gasteiger partial charge in [-0.05, 0) is 48.7 Å². The zero-order chi connectivity index (χ0) is 21.6. The number of benzene rings is 1. The van der Waals surface area contributed by atoms with Gasteiger partial charge in [-0.2, -0.15) is 0 Å². The molecule has 1 aromatic heterocycles. The van der Waals surface area contributed by atoms with Crippen molar-refractivity contribution in [2.75, 3.05) is 19.8 Å². The third-order valence-corrected chi connectivity index (χ3v) is 4.92. The minimum absolute atomic E-state index is 0.192. The third-order valence-electron chi connectivity index (χ3n) is 4.92. The molecule has 0 amide bonds. The van der Waals surface area contributed by atoms with E-state index in [1.807, 2.05) is 31.2 Å². The summed E-state index contributed by atoms with van der Waals surface area (Å²) in [6, 6.07) is 11.3. The molecule has 5 heteroatoms. The van der Waals surface area contributed by atoms with Gasteiger partial charge in [-0.3, -0.25) is 9.78 Å². The predicted molar refractivity (Wildman–Crippen MR) is 120 cm³/mol. The molecule has 1 unspecified atom stereocenters. The summed E-state index contributed by atoms with van der Waals surface area (Å²) in [4.78, 5) is 16.4. The molecule has 0 fully saturated rings. The van der Waals surface area contributed by atoms with Gasteiger partial charge in [0.25, 0.3) is 0 Å². The summed E-state index contributed by atoms with van der Waals surface area (Å²) in [5.41, 5.74) is 1.81. The van der Waals surface area contributed by atoms with Gasteiger partial charge in [0.1, 0.15) is 11.5 Å². The number of carbonyl (C=O) groups excluding carboxylic acids is 1. The fourth-order valence-electron chi connectivity index (χ4n) is 2.84. The summed E-state index contributed by atoms with van der Waals surface area (Å²) >= 11 is 0. The topological polar surface area (TPSA) is 57.7 Å². The number of ether oxygens (including phenoxy) is 3. The first-order valence-electron chi connectivity index (χ1n) is 11.1. The highest BCUT2D eigenvalue weighted by Crippen LogP contribution is 2.23. The number of pyridine rings is 1. The Balaban J connectivity index is 1.74. The zero-order valence-corrected chi connectivity index (χ0v) is 18.6. The third kappa shape index (κ3) is 8.95. The Bertz CT molecular complexity index is 728. The molecule has 0 saturated carbocycles. The minimum atomic E-state index is -0.192. The molecule has 30 heavy (non-hydrogen) atoms. The van der Waals surface area contributed by atoms with Gasteiger partial charge >= 0.3 is 5.97 Å². The standard InChI is InChI=1S/C25H35NO4/c1-4-6-7-15-28-16-8-17-29-23-13-14-24(26-19-23)21-9-11-22(12-10-21)30-25(27)18-20(3)5-2/h9-14,19-20H,4-8,15-18H2,1-3H3. The first-order valence-corrected chi connectivity index (χ1v) is 11.1. The van der Waals surface area contributed by atoms with Gasteiger partial charge in [0, 0.05) is 31.6 Å². The summed E-state index contributed by atoms with van der Waals surface area (Å²) in [6.07, 6.45) is 7.57. The normalized spacial score (nSPS) is 11.8. The van der Waals surface area contributed by atoms with Crippen LogP contribution in [0, 0.1) is 5.92 Å². The van der Waals surface area contributed by atoms with Crippen LogP contribution in [0.4, 0.5) is 0 Å². The van der Waals surface area contributed by atoms with E-state index in [1.165, 1.54) is 12.8 Å². The molecule has 164 valence electrons. The monoisotopic (exact) mass is 413 g/mol. The Kier molecular flexibility index (Phi) is 10.9. The summed E-state index contributed by atoms with van der Waals surface area (Å²) < 4.78 is 16.7. The molecule has 0 spiro atoms. The molecule has 0 N–H and O–H groups in total. The Morgan fingerprint density at radius 3 is 2.33 bits per heavy atom. The Morgan fingerprint density at radius 1 is 0.933 bits per heavy atom. The van der Waals surface area contributed by atoms with Crippen molar-refractivity contribution in [3.63, 3.8) is 0 Å². The molecule has 2 rings (SSSR count). The molecule has 1 heterocycles. The molecule has 0 bridgehead atoms. The van der Waals surface area contributed by atoms with Crippen LogP contribution in [0.2, 0.25) is 0 Å². The second kappa shape index (κ2) is 13.8. The second-order valence-corrected chi connectivity index (χ2v) is 7.62. The van der Waals surface area contributed by atoms with Crippen molar-refractivity contribution in [2.45, 2.75) is 59.3 Å². The molecular formula is C25H35NO4. The number of aromatic nitrogens is 1. The van der Waals surface area contributed by atoms with E-state index < -0.39 is 0 Å². The average molecular weight is 414 g/mol. The molecule has 2 aromatic rings. The van der Waals surface area contributed by atoms with Gasteiger partial charge in [-0.25, -0.2) is 0 Å². The lowest BCUT2D eigenvalue weighted by molar-refractivity contribution is -0.135. The largest absolute Gasteiger partial charge is 0.492 e. The summed E-state index contributed by atoms with van der Waals surface area (Å²) in [7, 11) is 0. The van der Waals surface area contributed by atoms with Crippen LogP contribution < -0.4 is 9.47 Å². The first-order chi connectivity index (χ1) is 14.6. The molecule has 0 saturated heterocycles. The van der Waals surface area contributed by atoms with Gasteiger partial charge in [-0.1, -0.05) is 40.0 Å². The predicted octanol–water partition coefficient (Wildman–Crippen LogP) is 6.07. The van der Waals surface area contributed by atoms with E-state index >= 15 is 0 Å². The van der Waals surface area contributed by atoms with Gasteiger partial charge in [-0.15, -0.1) is 0 Å². The molecule has 1 atom stereocenters. The van der Waals surface area contributed by atoms with Crippen molar-refractivity contribution in [2.24, 2.45) is 5.92 Å². The van der Waals surface area contributed by atoms with Crippen LogP contribution in [-0.4, -0.2) is 30.8 Å². The summed E-state index contributed by atoms with van der Waals surface area (Å²) in [5, 5.41) is 0. The van der Waals surface area contributed by atoms with E-state index in [-0.39, 0.29) is 5.97 Å². The van der Waals surface area contributed by atoms with E-state index in [0.717, 1.165) is 49.5 Å². The average Bonchev–Trinajstić information content (AvgIpc) is 2.76. The van der Waals surface area contributed by atoms with Gasteiger partial charge in [0.05, 0.1) is 18.5 Å². The maximum Gasteiger partial charge on any atom is 0.311 e. The summed E-state index contributed by atoms with van der Waals surface area (Å²) in [5.74, 6) is 1.45. The Morgan fingerprint density at radius 2 is 1.67 bits per heavy atom. The van der Waals surface area contributed by atoms with Crippen LogP contribution in [0.5, 0.6) is 11.5 Å². The molecular weight excluding hydrogens is 378 g/mol. The number of hydrogen-bond acceptors (Lipinski definition) is 5. The lowest BCUT2D eigenvalue weighted by atomic mass is 10.1. The van der Waals surface area contributed by atoms with Crippen LogP contribution in [0.3, 0.4) is 0 Å². The smallest absolute Gasteiger partial charge is 0.311 e. The highest BCUT2D eigenvalue weighted by molar-refractivity contribution is 5.73. The maximum atomic E-state index is 11.9. The van der Waals surface area contributed by atoms with Gasteiger partial charge in [0.15, 0.2) is 0 Å². The van der Waals surface area contributed by atoms with Crippen molar-refractivity contribution in [1.82, 2.24) is 4.98 Å². The van der Waals surface area contributed by atoms with Crippen molar-refractivity contribution >= 4 is 5.97 Å². The van der Waals surface area contributed by atoms with E-state index in [4.69, 9.17) is 14.2 Å². The van der Waals surface area contributed by atoms with Crippen LogP contribution in [-0.2, 0) is 9.53 Å². The van der Waals surface area contributed by atoms with E-state index in [0.29, 0.717) is 24.7 Å².